The fourth-order valence-electron chi connectivity index (χ4n) is 3.02. The molecule has 1 aromatic rings. The van der Waals surface area contributed by atoms with Crippen molar-refractivity contribution in [3.05, 3.63) is 23.8 Å². The molecule has 1 amide bonds. The van der Waals surface area contributed by atoms with Crippen LogP contribution < -0.4 is 9.47 Å². The van der Waals surface area contributed by atoms with Crippen LogP contribution in [0.4, 0.5) is 0 Å². The van der Waals surface area contributed by atoms with Gasteiger partial charge in [-0.25, -0.2) is 0 Å². The van der Waals surface area contributed by atoms with Gasteiger partial charge >= 0.3 is 0 Å². The number of nitrogens with zero attached hydrogens (tertiary/aromatic N) is 2. The predicted octanol–water partition coefficient (Wildman–Crippen LogP) is 2.51. The zero-order valence-corrected chi connectivity index (χ0v) is 14.7. The zero-order chi connectivity index (χ0) is 16.8. The molecule has 0 unspecified atom stereocenters. The Bertz CT molecular complexity index is 531. The normalized spacial score (nSPS) is 16.3. The molecule has 0 atom stereocenters. The average molecular weight is 320 g/mol. The molecule has 0 aromatic heterocycles. The van der Waals surface area contributed by atoms with Gasteiger partial charge in [-0.3, -0.25) is 4.79 Å². The molecule has 0 saturated carbocycles. The second-order valence-electron chi connectivity index (χ2n) is 6.41. The lowest BCUT2D eigenvalue weighted by Gasteiger charge is -2.23. The number of benzene rings is 1. The van der Waals surface area contributed by atoms with Crippen molar-refractivity contribution < 1.29 is 14.3 Å². The second kappa shape index (κ2) is 8.20. The first kappa shape index (κ1) is 17.6. The third-order valence-electron chi connectivity index (χ3n) is 4.13. The van der Waals surface area contributed by atoms with Crippen LogP contribution in [0, 0.1) is 5.92 Å². The lowest BCUT2D eigenvalue weighted by molar-refractivity contribution is 0.0760. The first-order chi connectivity index (χ1) is 11.0. The van der Waals surface area contributed by atoms with Gasteiger partial charge in [-0.05, 0) is 37.1 Å². The number of ether oxygens (including phenoxy) is 2. The molecule has 5 nitrogen and oxygen atoms in total. The lowest BCUT2D eigenvalue weighted by Crippen LogP contribution is -2.36. The van der Waals surface area contributed by atoms with Gasteiger partial charge in [0.1, 0.15) is 0 Å². The fraction of sp³-hybridized carbons (Fsp3) is 0.611. The van der Waals surface area contributed by atoms with Crippen molar-refractivity contribution in [1.82, 2.24) is 9.80 Å². The highest BCUT2D eigenvalue weighted by atomic mass is 16.5. The van der Waals surface area contributed by atoms with Gasteiger partial charge in [0, 0.05) is 31.7 Å². The smallest absolute Gasteiger partial charge is 0.254 e. The van der Waals surface area contributed by atoms with Gasteiger partial charge in [0.25, 0.3) is 5.91 Å². The van der Waals surface area contributed by atoms with Gasteiger partial charge < -0.3 is 19.3 Å². The highest BCUT2D eigenvalue weighted by molar-refractivity contribution is 5.95. The Kier molecular flexibility index (Phi) is 6.28. The van der Waals surface area contributed by atoms with Crippen molar-refractivity contribution in [2.45, 2.75) is 20.3 Å². The third kappa shape index (κ3) is 4.61. The zero-order valence-electron chi connectivity index (χ0n) is 14.7. The Balaban J connectivity index is 2.05. The summed E-state index contributed by atoms with van der Waals surface area (Å²) >= 11 is 0. The van der Waals surface area contributed by atoms with Gasteiger partial charge in [-0.15, -0.1) is 0 Å². The maximum Gasteiger partial charge on any atom is 0.254 e. The van der Waals surface area contributed by atoms with Crippen molar-refractivity contribution in [2.24, 2.45) is 5.92 Å². The molecule has 0 aliphatic carbocycles. The van der Waals surface area contributed by atoms with E-state index in [1.165, 1.54) is 0 Å². The quantitative estimate of drug-likeness (QED) is 0.836. The lowest BCUT2D eigenvalue weighted by atomic mass is 10.1. The molecule has 0 radical (unpaired) electrons. The average Bonchev–Trinajstić information content (AvgIpc) is 2.78. The van der Waals surface area contributed by atoms with E-state index in [1.807, 2.05) is 4.90 Å². The molecule has 5 heteroatoms. The van der Waals surface area contributed by atoms with Crippen LogP contribution in [-0.2, 0) is 0 Å². The first-order valence-electron chi connectivity index (χ1n) is 8.28. The van der Waals surface area contributed by atoms with E-state index in [-0.39, 0.29) is 5.91 Å². The molecule has 1 saturated heterocycles. The maximum atomic E-state index is 12.8. The predicted molar refractivity (Wildman–Crippen MR) is 91.3 cm³/mol. The summed E-state index contributed by atoms with van der Waals surface area (Å²) in [6.45, 7) is 9.15. The van der Waals surface area contributed by atoms with Gasteiger partial charge in [-0.2, -0.15) is 0 Å². The second-order valence-corrected chi connectivity index (χ2v) is 6.41. The van der Waals surface area contributed by atoms with Crippen LogP contribution in [0.1, 0.15) is 30.6 Å². The summed E-state index contributed by atoms with van der Waals surface area (Å²) in [4.78, 5) is 17.2. The minimum Gasteiger partial charge on any atom is -0.493 e. The molecule has 2 rings (SSSR count). The molecule has 0 bridgehead atoms. The van der Waals surface area contributed by atoms with E-state index in [0.29, 0.717) is 23.0 Å². The van der Waals surface area contributed by atoms with E-state index in [1.54, 1.807) is 32.4 Å². The van der Waals surface area contributed by atoms with Gasteiger partial charge in [0.05, 0.1) is 14.2 Å². The monoisotopic (exact) mass is 320 g/mol. The summed E-state index contributed by atoms with van der Waals surface area (Å²) in [5.74, 6) is 1.96. The molecule has 1 fully saturated rings. The summed E-state index contributed by atoms with van der Waals surface area (Å²) in [5, 5.41) is 0. The van der Waals surface area contributed by atoms with Gasteiger partial charge in [0.2, 0.25) is 0 Å². The Morgan fingerprint density at radius 2 is 1.83 bits per heavy atom. The molecule has 1 aliphatic heterocycles. The maximum absolute atomic E-state index is 12.8. The molecule has 1 aromatic carbocycles. The van der Waals surface area contributed by atoms with Crippen molar-refractivity contribution in [3.63, 3.8) is 0 Å². The summed E-state index contributed by atoms with van der Waals surface area (Å²) in [5.41, 5.74) is 0.653. The van der Waals surface area contributed by atoms with E-state index < -0.39 is 0 Å². The minimum atomic E-state index is 0.0670. The SMILES string of the molecule is COc1ccc(C(=O)N2CCCN(CC(C)C)CC2)cc1OC. The number of carbonyl (C=O) groups excluding carboxylic acids is 1. The van der Waals surface area contributed by atoms with Crippen molar-refractivity contribution in [3.8, 4) is 11.5 Å². The third-order valence-corrected chi connectivity index (χ3v) is 4.13. The number of hydrogen-bond acceptors (Lipinski definition) is 4. The Morgan fingerprint density at radius 3 is 2.48 bits per heavy atom. The summed E-state index contributed by atoms with van der Waals surface area (Å²) in [7, 11) is 3.18. The topological polar surface area (TPSA) is 42.0 Å². The first-order valence-corrected chi connectivity index (χ1v) is 8.28. The molecule has 1 heterocycles. The number of amides is 1. The van der Waals surface area contributed by atoms with Crippen molar-refractivity contribution in [2.75, 3.05) is 46.9 Å². The van der Waals surface area contributed by atoms with E-state index in [2.05, 4.69) is 18.7 Å². The van der Waals surface area contributed by atoms with Crippen LogP contribution in [0.25, 0.3) is 0 Å². The molecule has 0 N–H and O–H groups in total. The highest BCUT2D eigenvalue weighted by Crippen LogP contribution is 2.28. The van der Waals surface area contributed by atoms with E-state index in [4.69, 9.17) is 9.47 Å². The summed E-state index contributed by atoms with van der Waals surface area (Å²) in [6.07, 6.45) is 1.02. The number of rotatable bonds is 5. The molecular formula is C18H28N2O3. The summed E-state index contributed by atoms with van der Waals surface area (Å²) in [6, 6.07) is 5.35. The van der Waals surface area contributed by atoms with Gasteiger partial charge in [-0.1, -0.05) is 13.8 Å². The van der Waals surface area contributed by atoms with Crippen LogP contribution >= 0.6 is 0 Å². The molecular weight excluding hydrogens is 292 g/mol. The highest BCUT2D eigenvalue weighted by Gasteiger charge is 2.21. The largest absolute Gasteiger partial charge is 0.493 e. The fourth-order valence-corrected chi connectivity index (χ4v) is 3.02. The van der Waals surface area contributed by atoms with Crippen LogP contribution in [0.15, 0.2) is 18.2 Å². The molecule has 0 spiro atoms. The van der Waals surface area contributed by atoms with Gasteiger partial charge in [0.15, 0.2) is 11.5 Å². The Morgan fingerprint density at radius 1 is 1.09 bits per heavy atom. The number of carbonyl (C=O) groups is 1. The number of hydrogen-bond donors (Lipinski definition) is 0. The van der Waals surface area contributed by atoms with Crippen LogP contribution in [0.2, 0.25) is 0 Å². The summed E-state index contributed by atoms with van der Waals surface area (Å²) < 4.78 is 10.5. The van der Waals surface area contributed by atoms with E-state index >= 15 is 0 Å². The van der Waals surface area contributed by atoms with Crippen molar-refractivity contribution >= 4 is 5.91 Å². The Hall–Kier alpha value is -1.75. The number of methoxy groups -OCH3 is 2. The van der Waals surface area contributed by atoms with E-state index in [9.17, 15) is 4.79 Å². The Labute approximate surface area is 139 Å². The standard InChI is InChI=1S/C18H28N2O3/c1-14(2)13-19-8-5-9-20(11-10-19)18(21)15-6-7-16(22-3)17(12-15)23-4/h6-7,12,14H,5,8-11,13H2,1-4H3. The molecule has 23 heavy (non-hydrogen) atoms. The van der Waals surface area contributed by atoms with Crippen LogP contribution in [-0.4, -0.2) is 62.7 Å². The minimum absolute atomic E-state index is 0.0670. The van der Waals surface area contributed by atoms with Crippen LogP contribution in [0.3, 0.4) is 0 Å². The van der Waals surface area contributed by atoms with Crippen LogP contribution in [0.5, 0.6) is 11.5 Å². The van der Waals surface area contributed by atoms with E-state index in [0.717, 1.165) is 39.1 Å². The van der Waals surface area contributed by atoms with Crippen molar-refractivity contribution in [1.29, 1.82) is 0 Å². The molecule has 128 valence electrons. The molecule has 1 aliphatic rings.